The van der Waals surface area contributed by atoms with E-state index in [1.807, 2.05) is 30.1 Å². The summed E-state index contributed by atoms with van der Waals surface area (Å²) >= 11 is 2.02. The van der Waals surface area contributed by atoms with Gasteiger partial charge < -0.3 is 9.88 Å². The number of H-pyrrole nitrogens is 1. The highest BCUT2D eigenvalue weighted by atomic mass is 32.2. The number of hydrogen-bond donors (Lipinski definition) is 1. The van der Waals surface area contributed by atoms with Crippen LogP contribution < -0.4 is 0 Å². The predicted octanol–water partition coefficient (Wildman–Crippen LogP) is 2.43. The van der Waals surface area contributed by atoms with Gasteiger partial charge in [0.05, 0.1) is 6.42 Å². The van der Waals surface area contributed by atoms with Gasteiger partial charge in [0.2, 0.25) is 5.91 Å². The summed E-state index contributed by atoms with van der Waals surface area (Å²) in [4.78, 5) is 17.8. The molecule has 0 aliphatic carbocycles. The minimum Gasteiger partial charge on any atom is -0.361 e. The number of amides is 1. The number of para-hydroxylation sites is 1. The Morgan fingerprint density at radius 1 is 1.42 bits per heavy atom. The Balaban J connectivity index is 1.56. The second-order valence-corrected chi connectivity index (χ2v) is 6.76. The van der Waals surface area contributed by atoms with Crippen LogP contribution >= 0.6 is 11.8 Å². The molecule has 2 unspecified atom stereocenters. The van der Waals surface area contributed by atoms with Crippen molar-refractivity contribution in [1.29, 1.82) is 0 Å². The molecule has 2 bridgehead atoms. The van der Waals surface area contributed by atoms with E-state index in [-0.39, 0.29) is 5.91 Å². The average Bonchev–Trinajstić information content (AvgIpc) is 3.14. The Hall–Kier alpha value is -1.42. The van der Waals surface area contributed by atoms with E-state index < -0.39 is 0 Å². The number of nitrogens with zero attached hydrogens (tertiary/aromatic N) is 1. The lowest BCUT2D eigenvalue weighted by atomic mass is 10.1. The van der Waals surface area contributed by atoms with Gasteiger partial charge in [-0.05, 0) is 18.1 Å². The Bertz CT molecular complexity index is 636. The summed E-state index contributed by atoms with van der Waals surface area (Å²) in [7, 11) is 0. The molecule has 1 amide bonds. The summed E-state index contributed by atoms with van der Waals surface area (Å²) in [6, 6.07) is 8.67. The van der Waals surface area contributed by atoms with Crippen LogP contribution in [0.2, 0.25) is 0 Å². The molecule has 2 fully saturated rings. The van der Waals surface area contributed by atoms with E-state index in [2.05, 4.69) is 22.0 Å². The summed E-state index contributed by atoms with van der Waals surface area (Å²) in [5.74, 6) is 1.42. The van der Waals surface area contributed by atoms with Gasteiger partial charge in [-0.25, -0.2) is 0 Å². The number of likely N-dealkylation sites (tertiary alicyclic amines) is 1. The third kappa shape index (κ3) is 1.86. The molecular weight excluding hydrogens is 256 g/mol. The molecule has 19 heavy (non-hydrogen) atoms. The fourth-order valence-electron chi connectivity index (χ4n) is 3.25. The molecule has 0 saturated carbocycles. The zero-order valence-electron chi connectivity index (χ0n) is 10.6. The van der Waals surface area contributed by atoms with Gasteiger partial charge in [-0.15, -0.1) is 0 Å². The molecule has 1 aromatic heterocycles. The monoisotopic (exact) mass is 272 g/mol. The van der Waals surface area contributed by atoms with Crippen molar-refractivity contribution >= 4 is 28.6 Å². The van der Waals surface area contributed by atoms with Gasteiger partial charge in [0.1, 0.15) is 0 Å². The van der Waals surface area contributed by atoms with Gasteiger partial charge in [-0.3, -0.25) is 4.79 Å². The van der Waals surface area contributed by atoms with Gasteiger partial charge in [0, 0.05) is 40.7 Å². The predicted molar refractivity (Wildman–Crippen MR) is 78.4 cm³/mol. The lowest BCUT2D eigenvalue weighted by molar-refractivity contribution is -0.130. The van der Waals surface area contributed by atoms with Gasteiger partial charge >= 0.3 is 0 Å². The molecule has 3 heterocycles. The SMILES string of the molecule is O=C(Cc1c[nH]c2ccccc12)N1CC2CC1CS2. The molecule has 0 radical (unpaired) electrons. The number of nitrogens with one attached hydrogen (secondary N) is 1. The van der Waals surface area contributed by atoms with Crippen molar-refractivity contribution in [2.45, 2.75) is 24.1 Å². The Labute approximate surface area is 116 Å². The van der Waals surface area contributed by atoms with E-state index in [1.165, 1.54) is 11.8 Å². The van der Waals surface area contributed by atoms with Gasteiger partial charge in [-0.2, -0.15) is 11.8 Å². The van der Waals surface area contributed by atoms with Crippen molar-refractivity contribution in [2.24, 2.45) is 0 Å². The number of benzene rings is 1. The Morgan fingerprint density at radius 2 is 2.32 bits per heavy atom. The van der Waals surface area contributed by atoms with Gasteiger partial charge in [-0.1, -0.05) is 18.2 Å². The minimum atomic E-state index is 0.289. The minimum absolute atomic E-state index is 0.289. The first kappa shape index (κ1) is 11.4. The van der Waals surface area contributed by atoms with Crippen LogP contribution in [0.3, 0.4) is 0 Å². The number of carbonyl (C=O) groups excluding carboxylic acids is 1. The molecule has 2 saturated heterocycles. The smallest absolute Gasteiger partial charge is 0.227 e. The largest absolute Gasteiger partial charge is 0.361 e. The van der Waals surface area contributed by atoms with Crippen LogP contribution in [0.4, 0.5) is 0 Å². The molecule has 2 aliphatic rings. The zero-order chi connectivity index (χ0) is 12.8. The van der Waals surface area contributed by atoms with Crippen molar-refractivity contribution < 1.29 is 4.79 Å². The number of thioether (sulfide) groups is 1. The summed E-state index contributed by atoms with van der Waals surface area (Å²) in [5, 5.41) is 1.87. The van der Waals surface area contributed by atoms with E-state index in [0.29, 0.717) is 17.7 Å². The number of carbonyl (C=O) groups is 1. The Kier molecular flexibility index (Phi) is 2.58. The lowest BCUT2D eigenvalue weighted by Crippen LogP contribution is -2.40. The highest BCUT2D eigenvalue weighted by Gasteiger charge is 2.40. The van der Waals surface area contributed by atoms with Crippen molar-refractivity contribution in [1.82, 2.24) is 9.88 Å². The quantitative estimate of drug-likeness (QED) is 0.911. The molecule has 2 aliphatic heterocycles. The van der Waals surface area contributed by atoms with Crippen molar-refractivity contribution in [2.75, 3.05) is 12.3 Å². The maximum atomic E-state index is 12.4. The fraction of sp³-hybridized carbons (Fsp3) is 0.400. The Morgan fingerprint density at radius 3 is 3.11 bits per heavy atom. The van der Waals surface area contributed by atoms with Crippen LogP contribution in [0.5, 0.6) is 0 Å². The number of aromatic amines is 1. The molecule has 3 nitrogen and oxygen atoms in total. The van der Waals surface area contributed by atoms with Gasteiger partial charge in [0.15, 0.2) is 0 Å². The van der Waals surface area contributed by atoms with Crippen LogP contribution in [-0.4, -0.2) is 39.4 Å². The van der Waals surface area contributed by atoms with E-state index in [0.717, 1.165) is 23.4 Å². The summed E-state index contributed by atoms with van der Waals surface area (Å²) < 4.78 is 0. The first-order chi connectivity index (χ1) is 9.31. The second kappa shape index (κ2) is 4.30. The summed E-state index contributed by atoms with van der Waals surface area (Å²) in [6.45, 7) is 0.955. The number of rotatable bonds is 2. The molecule has 0 spiro atoms. The zero-order valence-corrected chi connectivity index (χ0v) is 11.5. The summed E-state index contributed by atoms with van der Waals surface area (Å²) in [6.07, 6.45) is 3.70. The van der Waals surface area contributed by atoms with Gasteiger partial charge in [0.25, 0.3) is 0 Å². The van der Waals surface area contributed by atoms with Crippen LogP contribution in [0.1, 0.15) is 12.0 Å². The third-order valence-corrected chi connectivity index (χ3v) is 5.63. The third-order valence-electron chi connectivity index (χ3n) is 4.24. The number of fused-ring (bicyclic) bond motifs is 3. The highest BCUT2D eigenvalue weighted by molar-refractivity contribution is 8.00. The molecule has 1 aromatic carbocycles. The average molecular weight is 272 g/mol. The normalized spacial score (nSPS) is 25.4. The highest BCUT2D eigenvalue weighted by Crippen LogP contribution is 2.37. The van der Waals surface area contributed by atoms with Crippen molar-refractivity contribution in [3.05, 3.63) is 36.0 Å². The standard InChI is InChI=1S/C15H16N2OS/c18-15(17-8-12-6-11(17)9-19-12)5-10-7-16-14-4-2-1-3-13(10)14/h1-4,7,11-12,16H,5-6,8-9H2. The first-order valence-electron chi connectivity index (χ1n) is 6.77. The van der Waals surface area contributed by atoms with E-state index >= 15 is 0 Å². The maximum Gasteiger partial charge on any atom is 0.227 e. The topological polar surface area (TPSA) is 36.1 Å². The first-order valence-corrected chi connectivity index (χ1v) is 7.82. The molecule has 2 aromatic rings. The molecule has 4 rings (SSSR count). The maximum absolute atomic E-state index is 12.4. The molecular formula is C15H16N2OS. The molecule has 1 N–H and O–H groups in total. The lowest BCUT2D eigenvalue weighted by Gasteiger charge is -2.26. The van der Waals surface area contributed by atoms with Crippen molar-refractivity contribution in [3.8, 4) is 0 Å². The van der Waals surface area contributed by atoms with E-state index in [9.17, 15) is 4.79 Å². The number of aromatic nitrogens is 1. The van der Waals surface area contributed by atoms with Crippen LogP contribution in [0.15, 0.2) is 30.5 Å². The van der Waals surface area contributed by atoms with E-state index in [4.69, 9.17) is 0 Å². The summed E-state index contributed by atoms with van der Waals surface area (Å²) in [5.41, 5.74) is 2.24. The van der Waals surface area contributed by atoms with Crippen LogP contribution in [0, 0.1) is 0 Å². The molecule has 98 valence electrons. The van der Waals surface area contributed by atoms with E-state index in [1.54, 1.807) is 0 Å². The number of hydrogen-bond acceptors (Lipinski definition) is 2. The van der Waals surface area contributed by atoms with Crippen molar-refractivity contribution in [3.63, 3.8) is 0 Å². The molecule has 2 atom stereocenters. The fourth-order valence-corrected chi connectivity index (χ4v) is 4.68. The van der Waals surface area contributed by atoms with Crippen LogP contribution in [0.25, 0.3) is 10.9 Å². The van der Waals surface area contributed by atoms with Crippen LogP contribution in [-0.2, 0) is 11.2 Å². The second-order valence-electron chi connectivity index (χ2n) is 5.43. The molecule has 4 heteroatoms.